The lowest BCUT2D eigenvalue weighted by Crippen LogP contribution is -2.12. The summed E-state index contributed by atoms with van der Waals surface area (Å²) in [4.78, 5) is 21.9. The molecular weight excluding hydrogens is 260 g/mol. The summed E-state index contributed by atoms with van der Waals surface area (Å²) >= 11 is 0. The third-order valence-corrected chi connectivity index (χ3v) is 2.74. The van der Waals surface area contributed by atoms with E-state index in [1.54, 1.807) is 6.07 Å². The molecule has 6 heteroatoms. The average molecular weight is 274 g/mol. The molecule has 20 heavy (non-hydrogen) atoms. The second-order valence-electron chi connectivity index (χ2n) is 4.37. The smallest absolute Gasteiger partial charge is 0.271 e. The number of carbonyl (C=O) groups is 1. The third-order valence-electron chi connectivity index (χ3n) is 2.74. The number of furan rings is 1. The number of nitro groups is 1. The highest BCUT2D eigenvalue weighted by molar-refractivity contribution is 5.91. The molecule has 1 aromatic carbocycles. The van der Waals surface area contributed by atoms with Crippen molar-refractivity contribution in [2.24, 2.45) is 0 Å². The van der Waals surface area contributed by atoms with Gasteiger partial charge in [0.1, 0.15) is 11.5 Å². The Morgan fingerprint density at radius 2 is 2.15 bits per heavy atom. The van der Waals surface area contributed by atoms with Gasteiger partial charge in [0.2, 0.25) is 5.91 Å². The van der Waals surface area contributed by atoms with E-state index in [0.717, 1.165) is 11.5 Å². The Morgan fingerprint density at radius 3 is 2.80 bits per heavy atom. The topological polar surface area (TPSA) is 85.4 Å². The molecule has 1 aromatic heterocycles. The predicted octanol–water partition coefficient (Wildman–Crippen LogP) is 3.07. The van der Waals surface area contributed by atoms with Gasteiger partial charge >= 0.3 is 0 Å². The second-order valence-corrected chi connectivity index (χ2v) is 4.37. The lowest BCUT2D eigenvalue weighted by atomic mass is 10.2. The van der Waals surface area contributed by atoms with E-state index < -0.39 is 4.92 Å². The predicted molar refractivity (Wildman–Crippen MR) is 73.5 cm³/mol. The first-order chi connectivity index (χ1) is 9.54. The van der Waals surface area contributed by atoms with Gasteiger partial charge in [-0.15, -0.1) is 0 Å². The molecule has 0 saturated heterocycles. The summed E-state index contributed by atoms with van der Waals surface area (Å²) in [6, 6.07) is 9.52. The quantitative estimate of drug-likeness (QED) is 0.670. The fourth-order valence-corrected chi connectivity index (χ4v) is 1.78. The lowest BCUT2D eigenvalue weighted by molar-refractivity contribution is -0.384. The molecule has 0 aliphatic rings. The zero-order valence-electron chi connectivity index (χ0n) is 11.0. The van der Waals surface area contributed by atoms with E-state index in [1.165, 1.54) is 18.2 Å². The first-order valence-corrected chi connectivity index (χ1v) is 6.14. The Labute approximate surface area is 115 Å². The number of aryl methyl sites for hydroxylation is 2. The Kier molecular flexibility index (Phi) is 4.14. The summed E-state index contributed by atoms with van der Waals surface area (Å²) in [6.07, 6.45) is 0.754. The van der Waals surface area contributed by atoms with Crippen LogP contribution in [-0.2, 0) is 11.2 Å². The number of rotatable bonds is 5. The van der Waals surface area contributed by atoms with Crippen LogP contribution in [0.4, 0.5) is 11.4 Å². The maximum absolute atomic E-state index is 11.8. The molecule has 6 nitrogen and oxygen atoms in total. The van der Waals surface area contributed by atoms with E-state index in [2.05, 4.69) is 5.32 Å². The summed E-state index contributed by atoms with van der Waals surface area (Å²) in [7, 11) is 0. The minimum Gasteiger partial charge on any atom is -0.466 e. The van der Waals surface area contributed by atoms with Crippen LogP contribution in [0.1, 0.15) is 17.9 Å². The van der Waals surface area contributed by atoms with Gasteiger partial charge in [0.15, 0.2) is 0 Å². The van der Waals surface area contributed by atoms with Crippen LogP contribution in [0, 0.1) is 17.0 Å². The standard InChI is InChI=1S/C14H14N2O4/c1-10-5-6-13(20-10)7-8-14(17)15-11-3-2-4-12(9-11)16(18)19/h2-6,9H,7-8H2,1H3,(H,15,17). The highest BCUT2D eigenvalue weighted by atomic mass is 16.6. The molecule has 0 unspecified atom stereocenters. The molecule has 0 fully saturated rings. The van der Waals surface area contributed by atoms with Gasteiger partial charge in [-0.05, 0) is 25.1 Å². The van der Waals surface area contributed by atoms with Crippen molar-refractivity contribution in [2.45, 2.75) is 19.8 Å². The monoisotopic (exact) mass is 274 g/mol. The molecule has 1 heterocycles. The van der Waals surface area contributed by atoms with Crippen LogP contribution in [0.2, 0.25) is 0 Å². The molecule has 104 valence electrons. The number of non-ortho nitro benzene ring substituents is 1. The van der Waals surface area contributed by atoms with E-state index in [-0.39, 0.29) is 18.0 Å². The molecule has 0 aliphatic heterocycles. The summed E-state index contributed by atoms with van der Waals surface area (Å²) in [6.45, 7) is 1.84. The SMILES string of the molecule is Cc1ccc(CCC(=O)Nc2cccc([N+](=O)[O-])c2)o1. The first kappa shape index (κ1) is 13.8. The third kappa shape index (κ3) is 3.68. The van der Waals surface area contributed by atoms with E-state index in [1.807, 2.05) is 19.1 Å². The van der Waals surface area contributed by atoms with Gasteiger partial charge in [-0.1, -0.05) is 6.07 Å². The molecule has 2 aromatic rings. The molecule has 1 N–H and O–H groups in total. The minimum atomic E-state index is -0.499. The van der Waals surface area contributed by atoms with Crippen molar-refractivity contribution in [2.75, 3.05) is 5.32 Å². The van der Waals surface area contributed by atoms with Gasteiger partial charge in [-0.2, -0.15) is 0 Å². The highest BCUT2D eigenvalue weighted by Crippen LogP contribution is 2.17. The molecule has 0 bridgehead atoms. The average Bonchev–Trinajstić information content (AvgIpc) is 2.82. The van der Waals surface area contributed by atoms with Gasteiger partial charge in [-0.3, -0.25) is 14.9 Å². The molecule has 0 radical (unpaired) electrons. The van der Waals surface area contributed by atoms with Crippen molar-refractivity contribution >= 4 is 17.3 Å². The van der Waals surface area contributed by atoms with Crippen LogP contribution in [0.25, 0.3) is 0 Å². The number of nitro benzene ring substituents is 1. The normalized spacial score (nSPS) is 10.2. The van der Waals surface area contributed by atoms with E-state index in [0.29, 0.717) is 12.1 Å². The van der Waals surface area contributed by atoms with Crippen molar-refractivity contribution in [1.29, 1.82) is 0 Å². The number of benzene rings is 1. The molecule has 0 atom stereocenters. The molecule has 2 rings (SSSR count). The number of nitrogens with zero attached hydrogens (tertiary/aromatic N) is 1. The van der Waals surface area contributed by atoms with Crippen LogP contribution in [-0.4, -0.2) is 10.8 Å². The summed E-state index contributed by atoms with van der Waals surface area (Å²) < 4.78 is 5.37. The van der Waals surface area contributed by atoms with Crippen molar-refractivity contribution in [3.63, 3.8) is 0 Å². The second kappa shape index (κ2) is 6.01. The van der Waals surface area contributed by atoms with Crippen LogP contribution in [0.3, 0.4) is 0 Å². The maximum atomic E-state index is 11.8. The Bertz CT molecular complexity index is 634. The molecule has 0 saturated carbocycles. The van der Waals surface area contributed by atoms with E-state index in [9.17, 15) is 14.9 Å². The first-order valence-electron chi connectivity index (χ1n) is 6.14. The Hall–Kier alpha value is -2.63. The van der Waals surface area contributed by atoms with Crippen molar-refractivity contribution in [1.82, 2.24) is 0 Å². The zero-order chi connectivity index (χ0) is 14.5. The van der Waals surface area contributed by atoms with Gasteiger partial charge in [-0.25, -0.2) is 0 Å². The van der Waals surface area contributed by atoms with Gasteiger partial charge in [0, 0.05) is 30.7 Å². The fraction of sp³-hybridized carbons (Fsp3) is 0.214. The van der Waals surface area contributed by atoms with Crippen molar-refractivity contribution in [3.05, 3.63) is 58.0 Å². The molecule has 1 amide bonds. The zero-order valence-corrected chi connectivity index (χ0v) is 11.0. The fourth-order valence-electron chi connectivity index (χ4n) is 1.78. The lowest BCUT2D eigenvalue weighted by Gasteiger charge is -2.04. The Balaban J connectivity index is 1.91. The molecule has 0 spiro atoms. The summed E-state index contributed by atoms with van der Waals surface area (Å²) in [5, 5.41) is 13.3. The van der Waals surface area contributed by atoms with Crippen molar-refractivity contribution < 1.29 is 14.1 Å². The number of hydrogen-bond acceptors (Lipinski definition) is 4. The number of carbonyl (C=O) groups excluding carboxylic acids is 1. The van der Waals surface area contributed by atoms with Gasteiger partial charge in [0.05, 0.1) is 4.92 Å². The van der Waals surface area contributed by atoms with Crippen LogP contribution < -0.4 is 5.32 Å². The molecule has 0 aliphatic carbocycles. The van der Waals surface area contributed by atoms with Gasteiger partial charge in [0.25, 0.3) is 5.69 Å². The molecular formula is C14H14N2O4. The summed E-state index contributed by atoms with van der Waals surface area (Å²) in [5.74, 6) is 1.34. The number of hydrogen-bond donors (Lipinski definition) is 1. The van der Waals surface area contributed by atoms with Crippen LogP contribution >= 0.6 is 0 Å². The highest BCUT2D eigenvalue weighted by Gasteiger charge is 2.09. The minimum absolute atomic E-state index is 0.0514. The van der Waals surface area contributed by atoms with Crippen LogP contribution in [0.15, 0.2) is 40.8 Å². The Morgan fingerprint density at radius 1 is 1.35 bits per heavy atom. The number of nitrogens with one attached hydrogen (secondary N) is 1. The van der Waals surface area contributed by atoms with Gasteiger partial charge < -0.3 is 9.73 Å². The summed E-state index contributed by atoms with van der Waals surface area (Å²) in [5.41, 5.74) is 0.365. The van der Waals surface area contributed by atoms with E-state index in [4.69, 9.17) is 4.42 Å². The van der Waals surface area contributed by atoms with Crippen molar-refractivity contribution in [3.8, 4) is 0 Å². The maximum Gasteiger partial charge on any atom is 0.271 e. The van der Waals surface area contributed by atoms with E-state index >= 15 is 0 Å². The van der Waals surface area contributed by atoms with Crippen LogP contribution in [0.5, 0.6) is 0 Å². The largest absolute Gasteiger partial charge is 0.466 e. The number of amides is 1. The number of anilines is 1.